The molecule has 0 radical (unpaired) electrons. The Labute approximate surface area is 187 Å². The molecular weight excluding hydrogens is 432 g/mol. The van der Waals surface area contributed by atoms with E-state index in [1.165, 1.54) is 4.31 Å². The zero-order valence-electron chi connectivity index (χ0n) is 17.1. The van der Waals surface area contributed by atoms with Crippen LogP contribution in [0.15, 0.2) is 71.6 Å². The fraction of sp³-hybridized carbons (Fsp3) is 0.208. The van der Waals surface area contributed by atoms with Crippen LogP contribution in [0.3, 0.4) is 0 Å². The molecule has 0 saturated heterocycles. The van der Waals surface area contributed by atoms with Gasteiger partial charge >= 0.3 is 0 Å². The Hall–Kier alpha value is -2.83. The second kappa shape index (κ2) is 8.73. The molecule has 1 N–H and O–H groups in total. The van der Waals surface area contributed by atoms with Crippen molar-refractivity contribution in [3.63, 3.8) is 0 Å². The van der Waals surface area contributed by atoms with E-state index in [1.807, 2.05) is 25.1 Å². The van der Waals surface area contributed by atoms with Crippen LogP contribution >= 0.6 is 11.6 Å². The summed E-state index contributed by atoms with van der Waals surface area (Å²) in [4.78, 5) is 12.7. The summed E-state index contributed by atoms with van der Waals surface area (Å²) >= 11 is 5.89. The van der Waals surface area contributed by atoms with Crippen molar-refractivity contribution in [2.45, 2.75) is 31.1 Å². The highest BCUT2D eigenvalue weighted by atomic mass is 35.5. The van der Waals surface area contributed by atoms with Crippen molar-refractivity contribution in [2.24, 2.45) is 0 Å². The van der Waals surface area contributed by atoms with Crippen LogP contribution in [0, 0.1) is 6.92 Å². The molecule has 3 aromatic rings. The fourth-order valence-corrected chi connectivity index (χ4v) is 5.39. The normalized spacial score (nSPS) is 13.5. The Balaban J connectivity index is 1.53. The molecule has 0 aromatic heterocycles. The average Bonchev–Trinajstić information content (AvgIpc) is 2.75. The molecule has 0 spiro atoms. The smallest absolute Gasteiger partial charge is 0.264 e. The number of carbonyl (C=O) groups excluding carboxylic acids is 1. The zero-order valence-corrected chi connectivity index (χ0v) is 18.7. The van der Waals surface area contributed by atoms with E-state index >= 15 is 0 Å². The molecule has 0 fully saturated rings. The van der Waals surface area contributed by atoms with Crippen molar-refractivity contribution in [2.75, 3.05) is 16.2 Å². The highest BCUT2D eigenvalue weighted by Crippen LogP contribution is 2.34. The highest BCUT2D eigenvalue weighted by Gasteiger charge is 2.29. The molecule has 3 aromatic carbocycles. The lowest BCUT2D eigenvalue weighted by Crippen LogP contribution is -2.35. The third kappa shape index (κ3) is 4.75. The highest BCUT2D eigenvalue weighted by molar-refractivity contribution is 7.92. The molecular formula is C24H23ClN2O3S. The average molecular weight is 455 g/mol. The zero-order chi connectivity index (χ0) is 22.0. The topological polar surface area (TPSA) is 66.5 Å². The van der Waals surface area contributed by atoms with Gasteiger partial charge in [0.2, 0.25) is 5.91 Å². The second-order valence-electron chi connectivity index (χ2n) is 7.69. The number of anilines is 2. The van der Waals surface area contributed by atoms with Gasteiger partial charge in [-0.05, 0) is 73.4 Å². The van der Waals surface area contributed by atoms with E-state index < -0.39 is 10.0 Å². The Bertz CT molecular complexity index is 1210. The van der Waals surface area contributed by atoms with Crippen LogP contribution in [-0.2, 0) is 27.7 Å². The van der Waals surface area contributed by atoms with Crippen LogP contribution in [0.5, 0.6) is 0 Å². The number of sulfonamides is 1. The number of benzene rings is 3. The lowest BCUT2D eigenvalue weighted by molar-refractivity contribution is -0.115. The quantitative estimate of drug-likeness (QED) is 0.591. The van der Waals surface area contributed by atoms with Crippen LogP contribution < -0.4 is 9.62 Å². The number of amides is 1. The molecule has 1 heterocycles. The summed E-state index contributed by atoms with van der Waals surface area (Å²) in [7, 11) is -3.64. The summed E-state index contributed by atoms with van der Waals surface area (Å²) in [6.45, 7) is 2.36. The lowest BCUT2D eigenvalue weighted by atomic mass is 10.0. The van der Waals surface area contributed by atoms with E-state index in [9.17, 15) is 13.2 Å². The number of rotatable bonds is 5. The molecule has 5 nitrogen and oxygen atoms in total. The molecule has 31 heavy (non-hydrogen) atoms. The number of carbonyl (C=O) groups is 1. The summed E-state index contributed by atoms with van der Waals surface area (Å²) in [5.41, 5.74) is 4.12. The number of hydrogen-bond acceptors (Lipinski definition) is 3. The summed E-state index contributed by atoms with van der Waals surface area (Å²) in [6, 6.07) is 19.4. The van der Waals surface area contributed by atoms with E-state index in [-0.39, 0.29) is 17.2 Å². The summed E-state index contributed by atoms with van der Waals surface area (Å²) in [5.74, 6) is -0.137. The van der Waals surface area contributed by atoms with Crippen LogP contribution in [-0.4, -0.2) is 20.9 Å². The number of hydrogen-bond donors (Lipinski definition) is 1. The number of halogens is 1. The second-order valence-corrected chi connectivity index (χ2v) is 9.99. The first-order valence-corrected chi connectivity index (χ1v) is 11.9. The number of fused-ring (bicyclic) bond motifs is 1. The van der Waals surface area contributed by atoms with E-state index in [0.29, 0.717) is 22.9 Å². The maximum Gasteiger partial charge on any atom is 0.264 e. The maximum absolute atomic E-state index is 13.2. The minimum Gasteiger partial charge on any atom is -0.326 e. The number of nitrogens with zero attached hydrogens (tertiary/aromatic N) is 1. The Morgan fingerprint density at radius 2 is 1.74 bits per heavy atom. The predicted octanol–water partition coefficient (Wildman–Crippen LogP) is 4.97. The molecule has 4 rings (SSSR count). The number of aryl methyl sites for hydroxylation is 2. The van der Waals surface area contributed by atoms with Gasteiger partial charge in [0, 0.05) is 17.3 Å². The van der Waals surface area contributed by atoms with E-state index in [4.69, 9.17) is 11.6 Å². The first-order valence-electron chi connectivity index (χ1n) is 10.1. The van der Waals surface area contributed by atoms with Gasteiger partial charge in [-0.1, -0.05) is 41.4 Å². The standard InChI is InChI=1S/C24H23ClN2O3S/c1-17-4-11-22(12-5-17)31(29,30)27-14-2-3-19-16-21(10-13-23(19)27)26-24(28)15-18-6-8-20(25)9-7-18/h4-13,16H,2-3,14-15H2,1H3,(H,26,28). The summed E-state index contributed by atoms with van der Waals surface area (Å²) in [5, 5.41) is 3.54. The third-order valence-corrected chi connectivity index (χ3v) is 7.41. The van der Waals surface area contributed by atoms with Gasteiger partial charge in [0.05, 0.1) is 17.0 Å². The van der Waals surface area contributed by atoms with Gasteiger partial charge < -0.3 is 5.32 Å². The lowest BCUT2D eigenvalue weighted by Gasteiger charge is -2.31. The molecule has 160 valence electrons. The fourth-order valence-electron chi connectivity index (χ4n) is 3.72. The largest absolute Gasteiger partial charge is 0.326 e. The third-order valence-electron chi connectivity index (χ3n) is 5.33. The van der Waals surface area contributed by atoms with Crippen molar-refractivity contribution in [3.05, 3.63) is 88.4 Å². The SMILES string of the molecule is Cc1ccc(S(=O)(=O)N2CCCc3cc(NC(=O)Cc4ccc(Cl)cc4)ccc32)cc1. The molecule has 1 aliphatic rings. The van der Waals surface area contributed by atoms with E-state index in [2.05, 4.69) is 5.32 Å². The van der Waals surface area contributed by atoms with E-state index in [0.717, 1.165) is 29.5 Å². The predicted molar refractivity (Wildman–Crippen MR) is 124 cm³/mol. The van der Waals surface area contributed by atoms with Crippen molar-refractivity contribution in [3.8, 4) is 0 Å². The monoisotopic (exact) mass is 454 g/mol. The van der Waals surface area contributed by atoms with Crippen molar-refractivity contribution < 1.29 is 13.2 Å². The molecule has 0 aliphatic carbocycles. The van der Waals surface area contributed by atoms with Crippen LogP contribution in [0.2, 0.25) is 5.02 Å². The van der Waals surface area contributed by atoms with Crippen LogP contribution in [0.4, 0.5) is 11.4 Å². The Morgan fingerprint density at radius 1 is 1.03 bits per heavy atom. The van der Waals surface area contributed by atoms with Gasteiger partial charge in [-0.3, -0.25) is 9.10 Å². The van der Waals surface area contributed by atoms with Gasteiger partial charge in [-0.2, -0.15) is 0 Å². The van der Waals surface area contributed by atoms with Crippen LogP contribution in [0.1, 0.15) is 23.1 Å². The van der Waals surface area contributed by atoms with Gasteiger partial charge in [-0.25, -0.2) is 8.42 Å². The van der Waals surface area contributed by atoms with E-state index in [1.54, 1.807) is 48.5 Å². The van der Waals surface area contributed by atoms with Gasteiger partial charge in [0.1, 0.15) is 0 Å². The minimum atomic E-state index is -3.64. The molecule has 0 saturated carbocycles. The van der Waals surface area contributed by atoms with Crippen molar-refractivity contribution in [1.82, 2.24) is 0 Å². The Morgan fingerprint density at radius 3 is 2.45 bits per heavy atom. The molecule has 0 bridgehead atoms. The molecule has 0 atom stereocenters. The van der Waals surface area contributed by atoms with Gasteiger partial charge in [0.25, 0.3) is 10.0 Å². The van der Waals surface area contributed by atoms with Crippen molar-refractivity contribution >= 4 is 38.9 Å². The number of nitrogens with one attached hydrogen (secondary N) is 1. The van der Waals surface area contributed by atoms with Gasteiger partial charge in [-0.15, -0.1) is 0 Å². The summed E-state index contributed by atoms with van der Waals surface area (Å²) < 4.78 is 27.9. The molecule has 7 heteroatoms. The van der Waals surface area contributed by atoms with Crippen molar-refractivity contribution in [1.29, 1.82) is 0 Å². The Kier molecular flexibility index (Phi) is 6.03. The molecule has 1 aliphatic heterocycles. The first-order chi connectivity index (χ1) is 14.8. The first kappa shape index (κ1) is 21.4. The summed E-state index contributed by atoms with van der Waals surface area (Å²) in [6.07, 6.45) is 1.72. The van der Waals surface area contributed by atoms with Crippen LogP contribution in [0.25, 0.3) is 0 Å². The molecule has 1 amide bonds. The molecule has 0 unspecified atom stereocenters. The maximum atomic E-state index is 13.2. The van der Waals surface area contributed by atoms with Gasteiger partial charge in [0.15, 0.2) is 0 Å². The minimum absolute atomic E-state index is 0.137.